The first kappa shape index (κ1) is 20.4. The topological polar surface area (TPSA) is 62.6 Å². The van der Waals surface area contributed by atoms with Crippen LogP contribution in [-0.2, 0) is 16.0 Å². The second-order valence-electron chi connectivity index (χ2n) is 8.00. The number of likely N-dealkylation sites (tertiary alicyclic amines) is 1. The Balaban J connectivity index is 1.54. The van der Waals surface area contributed by atoms with Crippen LogP contribution in [0.3, 0.4) is 0 Å². The molecule has 0 spiro atoms. The van der Waals surface area contributed by atoms with Gasteiger partial charge in [0, 0.05) is 36.0 Å². The molecule has 0 unspecified atom stereocenters. The predicted octanol–water partition coefficient (Wildman–Crippen LogP) is 4.14. The molecule has 2 aromatic rings. The van der Waals surface area contributed by atoms with E-state index in [4.69, 9.17) is 4.42 Å². The number of hydrogen-bond acceptors (Lipinski definition) is 3. The van der Waals surface area contributed by atoms with Gasteiger partial charge in [-0.2, -0.15) is 0 Å². The van der Waals surface area contributed by atoms with Gasteiger partial charge in [-0.1, -0.05) is 26.0 Å². The Hall–Kier alpha value is -2.30. The number of hydrogen-bond donors (Lipinski definition) is 1. The largest absolute Gasteiger partial charge is 0.464 e. The molecule has 0 saturated carbocycles. The zero-order valence-corrected chi connectivity index (χ0v) is 17.5. The van der Waals surface area contributed by atoms with Gasteiger partial charge in [-0.15, -0.1) is 0 Å². The number of piperidine rings is 1. The fraction of sp³-hybridized carbons (Fsp3) is 0.565. The lowest BCUT2D eigenvalue weighted by Crippen LogP contribution is -2.48. The van der Waals surface area contributed by atoms with Gasteiger partial charge in [0.05, 0.1) is 12.7 Å². The van der Waals surface area contributed by atoms with Gasteiger partial charge in [-0.05, 0) is 50.7 Å². The van der Waals surface area contributed by atoms with Crippen molar-refractivity contribution in [1.29, 1.82) is 0 Å². The Morgan fingerprint density at radius 3 is 2.50 bits per heavy atom. The molecule has 1 N–H and O–H groups in total. The van der Waals surface area contributed by atoms with E-state index < -0.39 is 0 Å². The first-order chi connectivity index (χ1) is 13.4. The molecule has 1 fully saturated rings. The third-order valence-corrected chi connectivity index (χ3v) is 6.20. The highest BCUT2D eigenvalue weighted by atomic mass is 16.3. The van der Waals surface area contributed by atoms with Crippen molar-refractivity contribution in [2.24, 2.45) is 5.92 Å². The number of carbonyl (C=O) groups is 2. The summed E-state index contributed by atoms with van der Waals surface area (Å²) >= 11 is 0. The van der Waals surface area contributed by atoms with Crippen LogP contribution >= 0.6 is 0 Å². The number of benzene rings is 1. The van der Waals surface area contributed by atoms with E-state index in [-0.39, 0.29) is 23.8 Å². The maximum atomic E-state index is 12.6. The molecule has 5 nitrogen and oxygen atoms in total. The van der Waals surface area contributed by atoms with Crippen molar-refractivity contribution in [3.63, 3.8) is 0 Å². The summed E-state index contributed by atoms with van der Waals surface area (Å²) in [6.45, 7) is 9.70. The number of rotatable bonds is 6. The molecule has 1 aromatic carbocycles. The van der Waals surface area contributed by atoms with E-state index in [1.54, 1.807) is 6.26 Å². The molecule has 1 saturated heterocycles. The van der Waals surface area contributed by atoms with Crippen molar-refractivity contribution in [2.75, 3.05) is 13.1 Å². The average Bonchev–Trinajstić information content (AvgIpc) is 3.09. The van der Waals surface area contributed by atoms with Gasteiger partial charge in [0.15, 0.2) is 0 Å². The predicted molar refractivity (Wildman–Crippen MR) is 111 cm³/mol. The summed E-state index contributed by atoms with van der Waals surface area (Å²) in [6.07, 6.45) is 5.45. The van der Waals surface area contributed by atoms with Crippen molar-refractivity contribution >= 4 is 22.8 Å². The molecule has 1 aliphatic heterocycles. The number of aryl methyl sites for hydroxylation is 2. The van der Waals surface area contributed by atoms with Gasteiger partial charge in [-0.3, -0.25) is 9.59 Å². The highest BCUT2D eigenvalue weighted by molar-refractivity contribution is 5.89. The van der Waals surface area contributed by atoms with E-state index in [0.717, 1.165) is 60.9 Å². The lowest BCUT2D eigenvalue weighted by molar-refractivity contribution is -0.137. The van der Waals surface area contributed by atoms with Crippen LogP contribution in [-0.4, -0.2) is 35.8 Å². The molecule has 28 heavy (non-hydrogen) atoms. The van der Waals surface area contributed by atoms with E-state index in [1.165, 1.54) is 5.56 Å². The molecular formula is C23H32N2O3. The monoisotopic (exact) mass is 384 g/mol. The van der Waals surface area contributed by atoms with E-state index >= 15 is 0 Å². The maximum Gasteiger partial charge on any atom is 0.225 e. The van der Waals surface area contributed by atoms with Crippen molar-refractivity contribution in [3.05, 3.63) is 35.1 Å². The normalized spacial score (nSPS) is 15.4. The molecule has 2 amide bonds. The van der Waals surface area contributed by atoms with Crippen molar-refractivity contribution < 1.29 is 14.0 Å². The summed E-state index contributed by atoms with van der Waals surface area (Å²) in [5.41, 5.74) is 4.11. The van der Waals surface area contributed by atoms with Gasteiger partial charge in [0.2, 0.25) is 11.8 Å². The minimum Gasteiger partial charge on any atom is -0.464 e. The number of furan rings is 1. The zero-order valence-electron chi connectivity index (χ0n) is 17.5. The minimum absolute atomic E-state index is 0.0192. The number of amides is 2. The first-order valence-corrected chi connectivity index (χ1v) is 10.5. The SMILES string of the molecule is CCC(CC)C(=O)N1CCC(NC(=O)Cc2coc3c(C)c(C)ccc23)CC1. The smallest absolute Gasteiger partial charge is 0.225 e. The molecule has 2 heterocycles. The molecule has 1 aromatic heterocycles. The van der Waals surface area contributed by atoms with E-state index in [0.29, 0.717) is 6.42 Å². The van der Waals surface area contributed by atoms with E-state index in [1.807, 2.05) is 17.9 Å². The first-order valence-electron chi connectivity index (χ1n) is 10.5. The summed E-state index contributed by atoms with van der Waals surface area (Å²) in [7, 11) is 0. The second-order valence-corrected chi connectivity index (χ2v) is 8.00. The van der Waals surface area contributed by atoms with Gasteiger partial charge in [0.1, 0.15) is 5.58 Å². The fourth-order valence-corrected chi connectivity index (χ4v) is 4.12. The Morgan fingerprint density at radius 2 is 1.86 bits per heavy atom. The Kier molecular flexibility index (Phi) is 6.42. The minimum atomic E-state index is 0.0192. The van der Waals surface area contributed by atoms with Crippen LogP contribution in [0.25, 0.3) is 11.0 Å². The van der Waals surface area contributed by atoms with Crippen LogP contribution in [0.5, 0.6) is 0 Å². The number of fused-ring (bicyclic) bond motifs is 1. The lowest BCUT2D eigenvalue weighted by atomic mass is 9.98. The summed E-state index contributed by atoms with van der Waals surface area (Å²) in [6, 6.07) is 4.24. The van der Waals surface area contributed by atoms with E-state index in [2.05, 4.69) is 32.2 Å². The molecule has 0 aliphatic carbocycles. The standard InChI is InChI=1S/C23H32N2O3/c1-5-17(6-2)23(27)25-11-9-19(10-12-25)24-21(26)13-18-14-28-22-16(4)15(3)7-8-20(18)22/h7-8,14,17,19H,5-6,9-13H2,1-4H3,(H,24,26). The number of carbonyl (C=O) groups excluding carboxylic acids is 2. The molecule has 5 heteroatoms. The molecule has 0 atom stereocenters. The summed E-state index contributed by atoms with van der Waals surface area (Å²) in [4.78, 5) is 27.0. The van der Waals surface area contributed by atoms with Crippen LogP contribution in [0.4, 0.5) is 0 Å². The summed E-state index contributed by atoms with van der Waals surface area (Å²) in [5, 5.41) is 4.16. The quantitative estimate of drug-likeness (QED) is 0.814. The summed E-state index contributed by atoms with van der Waals surface area (Å²) in [5.74, 6) is 0.420. The van der Waals surface area contributed by atoms with Crippen LogP contribution in [0.15, 0.2) is 22.8 Å². The maximum absolute atomic E-state index is 12.6. The molecule has 1 aliphatic rings. The molecule has 3 rings (SSSR count). The highest BCUT2D eigenvalue weighted by Crippen LogP contribution is 2.27. The van der Waals surface area contributed by atoms with Crippen molar-refractivity contribution in [3.8, 4) is 0 Å². The Labute approximate surface area is 167 Å². The van der Waals surface area contributed by atoms with Crippen molar-refractivity contribution in [2.45, 2.75) is 65.8 Å². The highest BCUT2D eigenvalue weighted by Gasteiger charge is 2.27. The number of nitrogens with zero attached hydrogens (tertiary/aromatic N) is 1. The molecule has 152 valence electrons. The van der Waals surface area contributed by atoms with Gasteiger partial charge in [0.25, 0.3) is 0 Å². The Morgan fingerprint density at radius 1 is 1.18 bits per heavy atom. The molecule has 0 radical (unpaired) electrons. The molecule has 0 bridgehead atoms. The van der Waals surface area contributed by atoms with Gasteiger partial charge < -0.3 is 14.6 Å². The van der Waals surface area contributed by atoms with Gasteiger partial charge >= 0.3 is 0 Å². The average molecular weight is 385 g/mol. The Bertz CT molecular complexity index is 843. The van der Waals surface area contributed by atoms with Crippen LogP contribution in [0.1, 0.15) is 56.2 Å². The van der Waals surface area contributed by atoms with Crippen molar-refractivity contribution in [1.82, 2.24) is 10.2 Å². The van der Waals surface area contributed by atoms with Crippen LogP contribution < -0.4 is 5.32 Å². The van der Waals surface area contributed by atoms with Crippen LogP contribution in [0.2, 0.25) is 0 Å². The van der Waals surface area contributed by atoms with Gasteiger partial charge in [-0.25, -0.2) is 0 Å². The zero-order chi connectivity index (χ0) is 20.3. The molecular weight excluding hydrogens is 352 g/mol. The lowest BCUT2D eigenvalue weighted by Gasteiger charge is -2.34. The third kappa shape index (κ3) is 4.23. The van der Waals surface area contributed by atoms with Crippen LogP contribution in [0, 0.1) is 19.8 Å². The fourth-order valence-electron chi connectivity index (χ4n) is 4.12. The van der Waals surface area contributed by atoms with E-state index in [9.17, 15) is 9.59 Å². The summed E-state index contributed by atoms with van der Waals surface area (Å²) < 4.78 is 5.71. The second kappa shape index (κ2) is 8.80. The number of nitrogens with one attached hydrogen (secondary N) is 1. The third-order valence-electron chi connectivity index (χ3n) is 6.20.